The van der Waals surface area contributed by atoms with E-state index >= 15 is 0 Å². The number of nitrogens with zero attached hydrogens (tertiary/aromatic N) is 4. The van der Waals surface area contributed by atoms with Gasteiger partial charge in [0, 0.05) is 26.2 Å². The zero-order valence-electron chi connectivity index (χ0n) is 10.8. The van der Waals surface area contributed by atoms with Gasteiger partial charge in [0.1, 0.15) is 0 Å². The maximum atomic E-state index is 10.7. The average Bonchev–Trinajstić information content (AvgIpc) is 2.75. The Morgan fingerprint density at radius 1 is 1.56 bits per heavy atom. The van der Waals surface area contributed by atoms with E-state index in [9.17, 15) is 4.79 Å². The van der Waals surface area contributed by atoms with Crippen LogP contribution in [0, 0.1) is 0 Å². The molecule has 100 valence electrons. The number of aromatic nitrogens is 3. The van der Waals surface area contributed by atoms with Crippen LogP contribution in [0.4, 0.5) is 0 Å². The lowest BCUT2D eigenvalue weighted by Gasteiger charge is -2.44. The van der Waals surface area contributed by atoms with Crippen LogP contribution in [0.2, 0.25) is 0 Å². The van der Waals surface area contributed by atoms with Gasteiger partial charge in [0.05, 0.1) is 18.3 Å². The van der Waals surface area contributed by atoms with Crippen molar-refractivity contribution in [1.29, 1.82) is 0 Å². The molecule has 2 atom stereocenters. The second kappa shape index (κ2) is 5.03. The van der Waals surface area contributed by atoms with Crippen molar-refractivity contribution in [1.82, 2.24) is 19.9 Å². The molecule has 1 aliphatic heterocycles. The summed E-state index contributed by atoms with van der Waals surface area (Å²) in [5.74, 6) is -1.04. The molecule has 7 nitrogen and oxygen atoms in total. The van der Waals surface area contributed by atoms with Crippen molar-refractivity contribution in [3.63, 3.8) is 0 Å². The van der Waals surface area contributed by atoms with E-state index in [0.717, 1.165) is 13.1 Å². The Morgan fingerprint density at radius 2 is 2.22 bits per heavy atom. The van der Waals surface area contributed by atoms with Gasteiger partial charge in [0.15, 0.2) is 5.69 Å². The molecule has 7 heteroatoms. The van der Waals surface area contributed by atoms with Crippen LogP contribution >= 0.6 is 0 Å². The Hall–Kier alpha value is -1.47. The third-order valence-corrected chi connectivity index (χ3v) is 3.62. The summed E-state index contributed by atoms with van der Waals surface area (Å²) in [6, 6.07) is 0.547. The first-order valence-electron chi connectivity index (χ1n) is 5.95. The van der Waals surface area contributed by atoms with E-state index in [2.05, 4.69) is 22.1 Å². The van der Waals surface area contributed by atoms with Gasteiger partial charge in [-0.15, -0.1) is 5.10 Å². The van der Waals surface area contributed by atoms with E-state index in [1.54, 1.807) is 11.8 Å². The molecule has 18 heavy (non-hydrogen) atoms. The fourth-order valence-corrected chi connectivity index (χ4v) is 2.03. The van der Waals surface area contributed by atoms with E-state index < -0.39 is 5.97 Å². The molecule has 0 aromatic carbocycles. The van der Waals surface area contributed by atoms with Gasteiger partial charge in [0.2, 0.25) is 0 Å². The number of likely N-dealkylation sites (tertiary alicyclic amines) is 1. The van der Waals surface area contributed by atoms with Crippen LogP contribution in [0.1, 0.15) is 30.4 Å². The van der Waals surface area contributed by atoms with Crippen LogP contribution in [-0.2, 0) is 4.74 Å². The number of hydrogen-bond donors (Lipinski definition) is 1. The largest absolute Gasteiger partial charge is 0.476 e. The van der Waals surface area contributed by atoms with Gasteiger partial charge in [-0.05, 0) is 13.8 Å². The van der Waals surface area contributed by atoms with Crippen molar-refractivity contribution in [3.05, 3.63) is 11.9 Å². The van der Waals surface area contributed by atoms with Gasteiger partial charge >= 0.3 is 5.97 Å². The molecule has 2 unspecified atom stereocenters. The molecule has 0 aliphatic carbocycles. The first-order valence-corrected chi connectivity index (χ1v) is 5.95. The Labute approximate surface area is 105 Å². The van der Waals surface area contributed by atoms with Crippen molar-refractivity contribution >= 4 is 5.97 Å². The topological polar surface area (TPSA) is 80.5 Å². The molecule has 1 saturated heterocycles. The molecule has 1 aromatic rings. The molecule has 1 aromatic heterocycles. The monoisotopic (exact) mass is 254 g/mol. The number of carboxylic acid groups (broad SMARTS) is 1. The Morgan fingerprint density at radius 3 is 2.72 bits per heavy atom. The summed E-state index contributed by atoms with van der Waals surface area (Å²) in [4.78, 5) is 13.0. The zero-order chi connectivity index (χ0) is 13.3. The molecule has 0 radical (unpaired) electrons. The lowest BCUT2D eigenvalue weighted by molar-refractivity contribution is -0.0187. The molecule has 1 N–H and O–H groups in total. The smallest absolute Gasteiger partial charge is 0.358 e. The fourth-order valence-electron chi connectivity index (χ4n) is 2.03. The third-order valence-electron chi connectivity index (χ3n) is 3.62. The van der Waals surface area contributed by atoms with E-state index in [-0.39, 0.29) is 17.8 Å². The van der Waals surface area contributed by atoms with Crippen molar-refractivity contribution in [3.8, 4) is 0 Å². The average molecular weight is 254 g/mol. The van der Waals surface area contributed by atoms with Crippen LogP contribution in [0.3, 0.4) is 0 Å². The van der Waals surface area contributed by atoms with Gasteiger partial charge in [-0.1, -0.05) is 5.21 Å². The first-order chi connectivity index (χ1) is 8.52. The quantitative estimate of drug-likeness (QED) is 0.811. The van der Waals surface area contributed by atoms with Crippen molar-refractivity contribution in [2.24, 2.45) is 0 Å². The molecule has 1 aliphatic rings. The number of rotatable bonds is 5. The summed E-state index contributed by atoms with van der Waals surface area (Å²) in [5, 5.41) is 16.2. The maximum Gasteiger partial charge on any atom is 0.358 e. The Kier molecular flexibility index (Phi) is 3.63. The van der Waals surface area contributed by atoms with Crippen LogP contribution < -0.4 is 0 Å². The number of methoxy groups -OCH3 is 1. The third kappa shape index (κ3) is 2.37. The highest BCUT2D eigenvalue weighted by Crippen LogP contribution is 2.24. The summed E-state index contributed by atoms with van der Waals surface area (Å²) in [6.07, 6.45) is 1.66. The van der Waals surface area contributed by atoms with E-state index in [4.69, 9.17) is 9.84 Å². The fraction of sp³-hybridized carbons (Fsp3) is 0.727. The van der Waals surface area contributed by atoms with E-state index in [1.165, 1.54) is 6.20 Å². The standard InChI is InChI=1S/C11H18N4O3/c1-7(8(2)18-3)14-4-9(5-14)15-6-10(11(16)17)12-13-15/h6-9H,4-5H2,1-3H3,(H,16,17). The van der Waals surface area contributed by atoms with Gasteiger partial charge in [-0.3, -0.25) is 4.90 Å². The highest BCUT2D eigenvalue weighted by atomic mass is 16.5. The van der Waals surface area contributed by atoms with Crippen LogP contribution in [-0.4, -0.2) is 63.3 Å². The van der Waals surface area contributed by atoms with Crippen LogP contribution in [0.5, 0.6) is 0 Å². The molecule has 0 amide bonds. The summed E-state index contributed by atoms with van der Waals surface area (Å²) in [7, 11) is 1.70. The molecule has 0 bridgehead atoms. The second-order valence-electron chi connectivity index (χ2n) is 4.68. The number of hydrogen-bond acceptors (Lipinski definition) is 5. The lowest BCUT2D eigenvalue weighted by atomic mass is 10.0. The van der Waals surface area contributed by atoms with E-state index in [1.807, 2.05) is 6.92 Å². The molecule has 2 rings (SSSR count). The number of ether oxygens (including phenoxy) is 1. The van der Waals surface area contributed by atoms with Crippen LogP contribution in [0.15, 0.2) is 6.20 Å². The molecular weight excluding hydrogens is 236 g/mol. The zero-order valence-corrected chi connectivity index (χ0v) is 10.8. The second-order valence-corrected chi connectivity index (χ2v) is 4.68. The minimum Gasteiger partial charge on any atom is -0.476 e. The van der Waals surface area contributed by atoms with Crippen molar-refractivity contribution < 1.29 is 14.6 Å². The molecule has 2 heterocycles. The molecule has 1 fully saturated rings. The summed E-state index contributed by atoms with van der Waals surface area (Å²) in [6.45, 7) is 5.85. The minimum atomic E-state index is -1.04. The van der Waals surface area contributed by atoms with Crippen molar-refractivity contribution in [2.45, 2.75) is 32.0 Å². The Balaban J connectivity index is 1.90. The first kappa shape index (κ1) is 13.0. The number of aromatic carboxylic acids is 1. The van der Waals surface area contributed by atoms with Crippen LogP contribution in [0.25, 0.3) is 0 Å². The Bertz CT molecular complexity index is 428. The normalized spacial score (nSPS) is 20.4. The highest BCUT2D eigenvalue weighted by molar-refractivity contribution is 5.84. The predicted molar refractivity (Wildman–Crippen MR) is 63.5 cm³/mol. The summed E-state index contributed by atoms with van der Waals surface area (Å²) < 4.78 is 6.92. The van der Waals surface area contributed by atoms with Gasteiger partial charge in [-0.2, -0.15) is 0 Å². The number of carboxylic acids is 1. The van der Waals surface area contributed by atoms with Gasteiger partial charge in [-0.25, -0.2) is 9.48 Å². The van der Waals surface area contributed by atoms with Gasteiger partial charge < -0.3 is 9.84 Å². The van der Waals surface area contributed by atoms with E-state index in [0.29, 0.717) is 6.04 Å². The summed E-state index contributed by atoms with van der Waals surface area (Å²) in [5.41, 5.74) is -0.00763. The number of carbonyl (C=O) groups is 1. The maximum absolute atomic E-state index is 10.7. The SMILES string of the molecule is COC(C)C(C)N1CC(n2cc(C(=O)O)nn2)C1. The van der Waals surface area contributed by atoms with Crippen molar-refractivity contribution in [2.75, 3.05) is 20.2 Å². The molecular formula is C11H18N4O3. The predicted octanol–water partition coefficient (Wildman–Crippen LogP) is 0.256. The lowest BCUT2D eigenvalue weighted by Crippen LogP contribution is -2.55. The summed E-state index contributed by atoms with van der Waals surface area (Å²) >= 11 is 0. The van der Waals surface area contributed by atoms with Gasteiger partial charge in [0.25, 0.3) is 0 Å². The molecule has 0 spiro atoms. The minimum absolute atomic E-state index is 0.00763. The highest BCUT2D eigenvalue weighted by Gasteiger charge is 2.34. The molecule has 0 saturated carbocycles.